The van der Waals surface area contributed by atoms with E-state index >= 15 is 0 Å². The zero-order chi connectivity index (χ0) is 36.2. The summed E-state index contributed by atoms with van der Waals surface area (Å²) in [6.45, 7) is 18.6. The van der Waals surface area contributed by atoms with Crippen LogP contribution in [0.3, 0.4) is 0 Å². The fraction of sp³-hybridized carbons (Fsp3) is 0.342. The van der Waals surface area contributed by atoms with Gasteiger partial charge in [-0.25, -0.2) is 4.98 Å². The van der Waals surface area contributed by atoms with Crippen LogP contribution >= 0.6 is 23.1 Å². The maximum Gasteiger partial charge on any atom is 0.257 e. The summed E-state index contributed by atoms with van der Waals surface area (Å²) in [4.78, 5) is 54.0. The monoisotopic (exact) mass is 703 g/mol. The van der Waals surface area contributed by atoms with E-state index in [0.717, 1.165) is 64.6 Å². The van der Waals surface area contributed by atoms with E-state index in [-0.39, 0.29) is 17.7 Å². The van der Waals surface area contributed by atoms with E-state index in [4.69, 9.17) is 0 Å². The van der Waals surface area contributed by atoms with E-state index in [1.165, 1.54) is 11.8 Å². The van der Waals surface area contributed by atoms with Crippen molar-refractivity contribution in [1.82, 2.24) is 20.1 Å². The topological polar surface area (TPSA) is 112 Å². The maximum absolute atomic E-state index is 11.8. The number of fused-ring (bicyclic) bond motifs is 1. The molecule has 2 fully saturated rings. The molecule has 0 radical (unpaired) electrons. The Morgan fingerprint density at radius 2 is 1.80 bits per heavy atom. The highest BCUT2D eigenvalue weighted by atomic mass is 32.2. The molecule has 0 spiro atoms. The van der Waals surface area contributed by atoms with Crippen LogP contribution in [0.1, 0.15) is 57.0 Å². The van der Waals surface area contributed by atoms with Crippen LogP contribution in [0.25, 0.3) is 11.1 Å². The standard InChI is InChI=1S/C17H14N2OS.C11H18N2O2.C8H11NOS.C2H6/c20-12-19-16-7-6-14(13-4-2-1-3-5-13)10-15(16)11-17-18-8-9-21-17;1-9(14)12-7-4-10-3-2-6-13(10)11(15)5-8-12;1-5-6(2)11-7(3)8(10)9-4;1-2/h1-10,12H,11H2,(H,19,20);10H,2-8H2,1H3;5H,1-3H2,4H3,(H,9,10);1-2H3. The number of carbonyl (C=O) groups is 4. The summed E-state index contributed by atoms with van der Waals surface area (Å²) < 4.78 is 0. The molecule has 9 nitrogen and oxygen atoms in total. The maximum atomic E-state index is 11.8. The third-order valence-corrected chi connectivity index (χ3v) is 9.33. The number of nitrogens with zero attached hydrogens (tertiary/aromatic N) is 3. The number of thiazole rings is 1. The van der Waals surface area contributed by atoms with Gasteiger partial charge in [-0.3, -0.25) is 19.2 Å². The number of thioether (sulfide) groups is 1. The highest BCUT2D eigenvalue weighted by molar-refractivity contribution is 8.07. The van der Waals surface area contributed by atoms with Crippen molar-refractivity contribution in [2.75, 3.05) is 32.0 Å². The van der Waals surface area contributed by atoms with Crippen molar-refractivity contribution < 1.29 is 19.2 Å². The lowest BCUT2D eigenvalue weighted by Crippen LogP contribution is -2.44. The fourth-order valence-electron chi connectivity index (χ4n) is 5.21. The van der Waals surface area contributed by atoms with Gasteiger partial charge in [0.25, 0.3) is 5.91 Å². The van der Waals surface area contributed by atoms with Gasteiger partial charge in [0.15, 0.2) is 0 Å². The number of nitrogens with one attached hydrogen (secondary N) is 2. The Kier molecular flexibility index (Phi) is 18.4. The van der Waals surface area contributed by atoms with Gasteiger partial charge >= 0.3 is 0 Å². The molecule has 3 aromatic rings. The van der Waals surface area contributed by atoms with E-state index in [9.17, 15) is 19.2 Å². The van der Waals surface area contributed by atoms with Crippen LogP contribution in [-0.4, -0.2) is 71.6 Å². The summed E-state index contributed by atoms with van der Waals surface area (Å²) in [5.41, 5.74) is 4.20. The summed E-state index contributed by atoms with van der Waals surface area (Å²) in [5.74, 6) is 0.135. The third-order valence-electron chi connectivity index (χ3n) is 7.68. The number of rotatable bonds is 9. The lowest BCUT2D eigenvalue weighted by atomic mass is 10.0. The molecule has 5 rings (SSSR count). The van der Waals surface area contributed by atoms with Crippen LogP contribution in [-0.2, 0) is 25.6 Å². The third kappa shape index (κ3) is 13.5. The number of benzene rings is 2. The number of hydrogen-bond donors (Lipinski definition) is 2. The Balaban J connectivity index is 0.000000263. The molecule has 2 aromatic carbocycles. The molecule has 262 valence electrons. The number of likely N-dealkylation sites (N-methyl/N-ethyl adjacent to an activating group) is 1. The van der Waals surface area contributed by atoms with Crippen molar-refractivity contribution in [2.45, 2.75) is 58.9 Å². The SMILES string of the molecule is C=CC(=C)SC(=C)C(=O)NC.CC.CC(=O)N1CCC(=O)N2CCCC2CC1.O=CNc1ccc(-c2ccccc2)cc1Cc1nccs1. The lowest BCUT2D eigenvalue weighted by Gasteiger charge is -2.31. The molecule has 0 saturated carbocycles. The molecule has 1 atom stereocenters. The molecule has 2 aliphatic heterocycles. The van der Waals surface area contributed by atoms with Crippen molar-refractivity contribution in [3.05, 3.63) is 106 Å². The Hall–Kier alpha value is -4.48. The largest absolute Gasteiger partial charge is 0.355 e. The molecule has 0 bridgehead atoms. The van der Waals surface area contributed by atoms with Crippen LogP contribution < -0.4 is 10.6 Å². The second-order valence-electron chi connectivity index (χ2n) is 10.8. The van der Waals surface area contributed by atoms with Crippen molar-refractivity contribution in [1.29, 1.82) is 0 Å². The molecule has 4 amide bonds. The van der Waals surface area contributed by atoms with E-state index < -0.39 is 0 Å². The molecule has 1 unspecified atom stereocenters. The number of anilines is 1. The summed E-state index contributed by atoms with van der Waals surface area (Å²) in [6, 6.07) is 16.7. The normalized spacial score (nSPS) is 14.8. The van der Waals surface area contributed by atoms with Crippen LogP contribution in [0.2, 0.25) is 0 Å². The van der Waals surface area contributed by atoms with Gasteiger partial charge in [-0.05, 0) is 48.1 Å². The zero-order valence-corrected chi connectivity index (χ0v) is 30.7. The molecule has 1 aromatic heterocycles. The molecule has 49 heavy (non-hydrogen) atoms. The number of carbonyl (C=O) groups excluding carboxylic acids is 4. The Morgan fingerprint density at radius 3 is 2.41 bits per heavy atom. The quantitative estimate of drug-likeness (QED) is 0.138. The minimum Gasteiger partial charge on any atom is -0.355 e. The minimum atomic E-state index is -0.182. The molecular weight excluding hydrogens is 655 g/mol. The highest BCUT2D eigenvalue weighted by Gasteiger charge is 2.31. The predicted molar refractivity (Wildman–Crippen MR) is 204 cm³/mol. The van der Waals surface area contributed by atoms with E-state index in [2.05, 4.69) is 53.6 Å². The minimum absolute atomic E-state index is 0.0919. The number of amides is 4. The first kappa shape index (κ1) is 40.7. The Morgan fingerprint density at radius 1 is 1.06 bits per heavy atom. The summed E-state index contributed by atoms with van der Waals surface area (Å²) in [7, 11) is 1.56. The van der Waals surface area contributed by atoms with Gasteiger partial charge < -0.3 is 20.4 Å². The van der Waals surface area contributed by atoms with E-state index in [1.807, 2.05) is 54.5 Å². The van der Waals surface area contributed by atoms with E-state index in [1.54, 1.807) is 42.5 Å². The van der Waals surface area contributed by atoms with Gasteiger partial charge in [-0.15, -0.1) is 11.3 Å². The van der Waals surface area contributed by atoms with Crippen molar-refractivity contribution in [3.63, 3.8) is 0 Å². The van der Waals surface area contributed by atoms with Crippen molar-refractivity contribution in [2.24, 2.45) is 0 Å². The van der Waals surface area contributed by atoms with Gasteiger partial charge in [-0.2, -0.15) is 0 Å². The summed E-state index contributed by atoms with van der Waals surface area (Å²) in [6.07, 6.45) is 8.49. The highest BCUT2D eigenvalue weighted by Crippen LogP contribution is 2.28. The van der Waals surface area contributed by atoms with Crippen LogP contribution in [0.4, 0.5) is 5.69 Å². The lowest BCUT2D eigenvalue weighted by molar-refractivity contribution is -0.136. The predicted octanol–water partition coefficient (Wildman–Crippen LogP) is 7.29. The summed E-state index contributed by atoms with van der Waals surface area (Å²) in [5, 5.41) is 8.22. The Labute approximate surface area is 299 Å². The van der Waals surface area contributed by atoms with Gasteiger partial charge in [0.2, 0.25) is 18.2 Å². The smallest absolute Gasteiger partial charge is 0.257 e. The number of aromatic nitrogens is 1. The fourth-order valence-corrected chi connectivity index (χ4v) is 6.45. The second kappa shape index (κ2) is 22.2. The van der Waals surface area contributed by atoms with Crippen LogP contribution in [0.5, 0.6) is 0 Å². The van der Waals surface area contributed by atoms with Crippen LogP contribution in [0.15, 0.2) is 95.7 Å². The zero-order valence-electron chi connectivity index (χ0n) is 29.1. The van der Waals surface area contributed by atoms with Crippen LogP contribution in [0, 0.1) is 0 Å². The van der Waals surface area contributed by atoms with Crippen molar-refractivity contribution in [3.8, 4) is 11.1 Å². The average molecular weight is 704 g/mol. The van der Waals surface area contributed by atoms with Gasteiger partial charge in [0.05, 0.1) is 9.91 Å². The molecule has 3 heterocycles. The number of hydrogen-bond acceptors (Lipinski definition) is 7. The van der Waals surface area contributed by atoms with Crippen molar-refractivity contribution >= 4 is 52.9 Å². The first-order valence-corrected chi connectivity index (χ1v) is 18.1. The van der Waals surface area contributed by atoms with Gasteiger partial charge in [0, 0.05) is 74.7 Å². The molecular formula is C38H49N5O4S2. The average Bonchev–Trinajstić information content (AvgIpc) is 3.82. The summed E-state index contributed by atoms with van der Waals surface area (Å²) >= 11 is 2.83. The first-order valence-electron chi connectivity index (χ1n) is 16.4. The van der Waals surface area contributed by atoms with E-state index in [0.29, 0.717) is 36.7 Å². The second-order valence-corrected chi connectivity index (χ2v) is 13.0. The number of allylic oxidation sites excluding steroid dienone is 1. The molecule has 2 saturated heterocycles. The first-order chi connectivity index (χ1) is 23.7. The van der Waals surface area contributed by atoms with Gasteiger partial charge in [0.1, 0.15) is 0 Å². The molecule has 2 aliphatic rings. The molecule has 2 N–H and O–H groups in total. The van der Waals surface area contributed by atoms with Gasteiger partial charge in [-0.1, -0.05) is 87.8 Å². The molecule has 11 heteroatoms. The molecule has 0 aliphatic carbocycles. The Bertz CT molecular complexity index is 1540.